The van der Waals surface area contributed by atoms with Gasteiger partial charge in [-0.3, -0.25) is 4.79 Å². The number of ether oxygens (including phenoxy) is 1. The predicted octanol–water partition coefficient (Wildman–Crippen LogP) is 2.85. The van der Waals surface area contributed by atoms with Crippen LogP contribution in [0.2, 0.25) is 0 Å². The highest BCUT2D eigenvalue weighted by Crippen LogP contribution is 2.33. The molecule has 5 heteroatoms. The summed E-state index contributed by atoms with van der Waals surface area (Å²) in [4.78, 5) is 10.5. The van der Waals surface area contributed by atoms with E-state index in [1.54, 1.807) is 12.1 Å². The van der Waals surface area contributed by atoms with Gasteiger partial charge in [-0.2, -0.15) is 0 Å². The minimum atomic E-state index is -0.860. The number of rotatable bonds is 3. The fraction of sp³-hybridized carbons (Fsp3) is 0.222. The van der Waals surface area contributed by atoms with Crippen LogP contribution in [-0.2, 0) is 11.2 Å². The molecule has 0 radical (unpaired) electrons. The molecule has 0 unspecified atom stereocenters. The first-order chi connectivity index (χ1) is 6.54. The van der Waals surface area contributed by atoms with Crippen LogP contribution in [0.15, 0.2) is 21.1 Å². The van der Waals surface area contributed by atoms with Crippen LogP contribution >= 0.6 is 31.9 Å². The van der Waals surface area contributed by atoms with Crippen LogP contribution in [0, 0.1) is 0 Å². The lowest BCUT2D eigenvalue weighted by Gasteiger charge is -2.07. The number of carboxylic acid groups (broad SMARTS) is 1. The van der Waals surface area contributed by atoms with Crippen molar-refractivity contribution >= 4 is 37.8 Å². The van der Waals surface area contributed by atoms with E-state index in [0.717, 1.165) is 8.95 Å². The van der Waals surface area contributed by atoms with E-state index >= 15 is 0 Å². The number of halogens is 2. The van der Waals surface area contributed by atoms with Crippen molar-refractivity contribution in [1.82, 2.24) is 0 Å². The molecule has 14 heavy (non-hydrogen) atoms. The topological polar surface area (TPSA) is 46.5 Å². The maximum Gasteiger partial charge on any atom is 0.307 e. The molecule has 0 aliphatic rings. The van der Waals surface area contributed by atoms with E-state index in [2.05, 4.69) is 31.9 Å². The molecule has 1 aromatic rings. The Hall–Kier alpha value is -0.550. The van der Waals surface area contributed by atoms with Crippen LogP contribution in [0.3, 0.4) is 0 Å². The van der Waals surface area contributed by atoms with Crippen molar-refractivity contribution in [3.8, 4) is 5.75 Å². The Morgan fingerprint density at radius 3 is 2.64 bits per heavy atom. The van der Waals surface area contributed by atoms with Crippen molar-refractivity contribution < 1.29 is 14.6 Å². The van der Waals surface area contributed by atoms with Crippen LogP contribution in [0.25, 0.3) is 0 Å². The fourth-order valence-corrected chi connectivity index (χ4v) is 1.92. The minimum absolute atomic E-state index is 0.0117. The predicted molar refractivity (Wildman–Crippen MR) is 59.7 cm³/mol. The standard InChI is InChI=1S/C9H8Br2O3/c1-14-7-3-5(4-8(12)13)2-6(10)9(7)11/h2-3H,4H2,1H3,(H,12,13). The van der Waals surface area contributed by atoms with Gasteiger partial charge in [0.25, 0.3) is 0 Å². The quantitative estimate of drug-likeness (QED) is 0.930. The molecule has 0 aliphatic carbocycles. The van der Waals surface area contributed by atoms with Gasteiger partial charge in [-0.25, -0.2) is 0 Å². The minimum Gasteiger partial charge on any atom is -0.496 e. The van der Waals surface area contributed by atoms with Gasteiger partial charge in [0.15, 0.2) is 0 Å². The molecule has 1 N–H and O–H groups in total. The molecule has 0 saturated heterocycles. The van der Waals surface area contributed by atoms with Crippen molar-refractivity contribution in [2.24, 2.45) is 0 Å². The molecule has 0 bridgehead atoms. The summed E-state index contributed by atoms with van der Waals surface area (Å²) in [5, 5.41) is 8.62. The summed E-state index contributed by atoms with van der Waals surface area (Å²) in [6.45, 7) is 0. The molecule has 0 aromatic heterocycles. The lowest BCUT2D eigenvalue weighted by molar-refractivity contribution is -0.136. The highest BCUT2D eigenvalue weighted by molar-refractivity contribution is 9.13. The van der Waals surface area contributed by atoms with Crippen molar-refractivity contribution in [2.45, 2.75) is 6.42 Å². The molecule has 0 amide bonds. The zero-order valence-electron chi connectivity index (χ0n) is 7.38. The van der Waals surface area contributed by atoms with Gasteiger partial charge in [0.05, 0.1) is 18.0 Å². The lowest BCUT2D eigenvalue weighted by Crippen LogP contribution is -2.00. The Labute approximate surface area is 98.3 Å². The van der Waals surface area contributed by atoms with Crippen molar-refractivity contribution in [2.75, 3.05) is 7.11 Å². The summed E-state index contributed by atoms with van der Waals surface area (Å²) in [5.41, 5.74) is 0.699. The van der Waals surface area contributed by atoms with Gasteiger partial charge in [-0.1, -0.05) is 0 Å². The Balaban J connectivity index is 3.09. The van der Waals surface area contributed by atoms with Crippen molar-refractivity contribution in [3.63, 3.8) is 0 Å². The summed E-state index contributed by atoms with van der Waals surface area (Å²) < 4.78 is 6.65. The molecule has 0 saturated carbocycles. The number of carboxylic acids is 1. The molecule has 0 atom stereocenters. The Kier molecular flexibility index (Phi) is 3.95. The third-order valence-electron chi connectivity index (χ3n) is 1.63. The summed E-state index contributed by atoms with van der Waals surface area (Å²) >= 11 is 6.63. The van der Waals surface area contributed by atoms with E-state index in [1.807, 2.05) is 0 Å². The summed E-state index contributed by atoms with van der Waals surface area (Å²) in [5.74, 6) is -0.239. The molecule has 1 rings (SSSR count). The summed E-state index contributed by atoms with van der Waals surface area (Å²) in [7, 11) is 1.54. The van der Waals surface area contributed by atoms with Gasteiger partial charge in [0.2, 0.25) is 0 Å². The third kappa shape index (κ3) is 2.72. The molecule has 0 aliphatic heterocycles. The number of methoxy groups -OCH3 is 1. The summed E-state index contributed by atoms with van der Waals surface area (Å²) in [6, 6.07) is 3.45. The average molecular weight is 324 g/mol. The Morgan fingerprint density at radius 1 is 1.50 bits per heavy atom. The van der Waals surface area contributed by atoms with Gasteiger partial charge in [-0.15, -0.1) is 0 Å². The molecule has 3 nitrogen and oxygen atoms in total. The maximum atomic E-state index is 10.5. The first-order valence-electron chi connectivity index (χ1n) is 3.78. The Bertz CT molecular complexity index is 363. The maximum absolute atomic E-state index is 10.5. The third-order valence-corrected chi connectivity index (χ3v) is 3.61. The molecule has 0 spiro atoms. The van der Waals surface area contributed by atoms with Crippen LogP contribution in [0.1, 0.15) is 5.56 Å². The van der Waals surface area contributed by atoms with Crippen molar-refractivity contribution in [3.05, 3.63) is 26.6 Å². The number of carbonyl (C=O) groups is 1. The van der Waals surface area contributed by atoms with Crippen LogP contribution in [0.4, 0.5) is 0 Å². The lowest BCUT2D eigenvalue weighted by atomic mass is 10.1. The zero-order valence-corrected chi connectivity index (χ0v) is 10.6. The van der Waals surface area contributed by atoms with Gasteiger partial charge in [-0.05, 0) is 49.6 Å². The van der Waals surface area contributed by atoms with Crippen molar-refractivity contribution in [1.29, 1.82) is 0 Å². The number of hydrogen-bond donors (Lipinski definition) is 1. The van der Waals surface area contributed by atoms with Gasteiger partial charge in [0, 0.05) is 4.47 Å². The molecule has 0 heterocycles. The van der Waals surface area contributed by atoms with Gasteiger partial charge >= 0.3 is 5.97 Å². The second kappa shape index (κ2) is 4.79. The Morgan fingerprint density at radius 2 is 2.14 bits per heavy atom. The van der Waals surface area contributed by atoms with E-state index < -0.39 is 5.97 Å². The largest absolute Gasteiger partial charge is 0.496 e. The van der Waals surface area contributed by atoms with E-state index in [9.17, 15) is 4.79 Å². The van der Waals surface area contributed by atoms with Gasteiger partial charge < -0.3 is 9.84 Å². The second-order valence-electron chi connectivity index (χ2n) is 2.66. The molecule has 1 aromatic carbocycles. The number of hydrogen-bond acceptors (Lipinski definition) is 2. The first-order valence-corrected chi connectivity index (χ1v) is 5.37. The van der Waals surface area contributed by atoms with Gasteiger partial charge in [0.1, 0.15) is 5.75 Å². The van der Waals surface area contributed by atoms with E-state index in [-0.39, 0.29) is 6.42 Å². The smallest absolute Gasteiger partial charge is 0.307 e. The molecule has 0 fully saturated rings. The first kappa shape index (κ1) is 11.5. The molecular formula is C9H8Br2O3. The number of benzene rings is 1. The second-order valence-corrected chi connectivity index (χ2v) is 4.31. The molecule has 76 valence electrons. The fourth-order valence-electron chi connectivity index (χ4n) is 1.04. The highest BCUT2D eigenvalue weighted by atomic mass is 79.9. The van der Waals surface area contributed by atoms with E-state index in [0.29, 0.717) is 11.3 Å². The average Bonchev–Trinajstić information content (AvgIpc) is 2.10. The zero-order chi connectivity index (χ0) is 10.7. The molecular weight excluding hydrogens is 316 g/mol. The van der Waals surface area contributed by atoms with E-state index in [4.69, 9.17) is 9.84 Å². The normalized spacial score (nSPS) is 9.93. The van der Waals surface area contributed by atoms with E-state index in [1.165, 1.54) is 7.11 Å². The van der Waals surface area contributed by atoms with Crippen LogP contribution < -0.4 is 4.74 Å². The monoisotopic (exact) mass is 322 g/mol. The van der Waals surface area contributed by atoms with Crippen LogP contribution in [-0.4, -0.2) is 18.2 Å². The summed E-state index contributed by atoms with van der Waals surface area (Å²) in [6.07, 6.45) is -0.0117. The SMILES string of the molecule is COc1cc(CC(=O)O)cc(Br)c1Br. The highest BCUT2D eigenvalue weighted by Gasteiger charge is 2.09. The number of aliphatic carboxylic acids is 1. The van der Waals surface area contributed by atoms with Crippen LogP contribution in [0.5, 0.6) is 5.75 Å².